The third-order valence-corrected chi connectivity index (χ3v) is 30.7. The topological polar surface area (TPSA) is 29.5 Å². The van der Waals surface area contributed by atoms with Crippen LogP contribution in [0.2, 0.25) is 36.3 Å². The number of hydrogen-bond acceptors (Lipinski definition) is 3. The summed E-state index contributed by atoms with van der Waals surface area (Å²) in [5.74, 6) is 0. The molecule has 0 fully saturated rings. The lowest BCUT2D eigenvalue weighted by Crippen LogP contribution is -2.48. The van der Waals surface area contributed by atoms with Gasteiger partial charge in [0.2, 0.25) is 0 Å². The maximum atomic E-state index is 6.44. The molecule has 0 radical (unpaired) electrons. The van der Waals surface area contributed by atoms with Gasteiger partial charge >= 0.3 is 0 Å². The van der Waals surface area contributed by atoms with Gasteiger partial charge < -0.3 is 8.83 Å². The molecule has 0 aliphatic carbocycles. The minimum absolute atomic E-state index is 0.237. The van der Waals surface area contributed by atoms with Crippen molar-refractivity contribution in [2.75, 3.05) is 0 Å². The lowest BCUT2D eigenvalue weighted by molar-refractivity contribution is 0.582. The number of fused-ring (bicyclic) bond motifs is 2. The zero-order valence-electron chi connectivity index (χ0n) is 39.9. The van der Waals surface area contributed by atoms with Crippen LogP contribution in [-0.2, 0) is 0 Å². The van der Waals surface area contributed by atoms with E-state index in [4.69, 9.17) is 8.83 Å². The predicted molar refractivity (Wildman–Crippen MR) is 284 cm³/mol. The predicted octanol–water partition coefficient (Wildman–Crippen LogP) is 15.4. The highest BCUT2D eigenvalue weighted by Crippen LogP contribution is 2.57. The van der Waals surface area contributed by atoms with Crippen LogP contribution in [0.15, 0.2) is 118 Å². The molecule has 0 unspecified atom stereocenters. The normalized spacial score (nSPS) is 12.6. The molecule has 0 aliphatic heterocycles. The van der Waals surface area contributed by atoms with Crippen molar-refractivity contribution in [2.45, 2.75) is 175 Å². The SMILES string of the molecule is CCCC[Si](CCCC)(CCCC)c1ccc(P(c2ccc([Si](CCCC)(CCCC)CCCC)cc2)N(C(C)C)P(c2cccc3ccoc23)c2cccc3ccoc23)cc1. The van der Waals surface area contributed by atoms with Crippen molar-refractivity contribution < 1.29 is 8.83 Å². The van der Waals surface area contributed by atoms with E-state index in [1.54, 1.807) is 10.4 Å². The van der Waals surface area contributed by atoms with Crippen LogP contribution >= 0.6 is 16.1 Å². The fourth-order valence-electron chi connectivity index (χ4n) is 10.2. The number of furan rings is 2. The van der Waals surface area contributed by atoms with E-state index in [0.29, 0.717) is 0 Å². The highest BCUT2D eigenvalue weighted by molar-refractivity contribution is 7.85. The van der Waals surface area contributed by atoms with Gasteiger partial charge in [0.25, 0.3) is 0 Å². The first-order chi connectivity index (χ1) is 30.3. The molecule has 3 nitrogen and oxygen atoms in total. The minimum atomic E-state index is -1.68. The zero-order chi connectivity index (χ0) is 44.0. The Bertz CT molecular complexity index is 2020. The Morgan fingerprint density at radius 3 is 1.08 bits per heavy atom. The van der Waals surface area contributed by atoms with E-state index in [9.17, 15) is 0 Å². The van der Waals surface area contributed by atoms with Gasteiger partial charge in [0, 0.05) is 43.6 Å². The number of rotatable bonds is 27. The van der Waals surface area contributed by atoms with Crippen LogP contribution < -0.4 is 31.6 Å². The van der Waals surface area contributed by atoms with Crippen LogP contribution in [-0.4, -0.2) is 26.6 Å². The van der Waals surface area contributed by atoms with Gasteiger partial charge in [-0.3, -0.25) is 0 Å². The van der Waals surface area contributed by atoms with Crippen LogP contribution in [0.5, 0.6) is 0 Å². The summed E-state index contributed by atoms with van der Waals surface area (Å²) in [5.41, 5.74) is 1.98. The van der Waals surface area contributed by atoms with E-state index in [-0.39, 0.29) is 6.04 Å². The summed E-state index contributed by atoms with van der Waals surface area (Å²) in [7, 11) is -5.44. The summed E-state index contributed by atoms with van der Waals surface area (Å²) in [6, 6.07) is 47.4. The number of para-hydroxylation sites is 2. The minimum Gasteiger partial charge on any atom is -0.464 e. The molecule has 6 aromatic rings. The second-order valence-electron chi connectivity index (χ2n) is 18.5. The van der Waals surface area contributed by atoms with Gasteiger partial charge in [-0.25, -0.2) is 4.44 Å². The Hall–Kier alpha value is -2.79. The molecule has 0 aliphatic rings. The van der Waals surface area contributed by atoms with Crippen LogP contribution in [0.25, 0.3) is 21.9 Å². The largest absolute Gasteiger partial charge is 0.464 e. The smallest absolute Gasteiger partial charge is 0.143 e. The molecule has 0 atom stereocenters. The maximum absolute atomic E-state index is 6.44. The zero-order valence-corrected chi connectivity index (χ0v) is 43.6. The van der Waals surface area contributed by atoms with Crippen molar-refractivity contribution in [2.24, 2.45) is 0 Å². The molecule has 7 heteroatoms. The van der Waals surface area contributed by atoms with Gasteiger partial charge in [0.15, 0.2) is 0 Å². The fraction of sp³-hybridized carbons (Fsp3) is 0.491. The first-order valence-electron chi connectivity index (χ1n) is 24.8. The van der Waals surface area contributed by atoms with Crippen LogP contribution in [0, 0.1) is 0 Å². The first kappa shape index (κ1) is 48.7. The van der Waals surface area contributed by atoms with E-state index in [1.807, 2.05) is 12.5 Å². The van der Waals surface area contributed by atoms with Crippen molar-refractivity contribution in [1.29, 1.82) is 0 Å². The highest BCUT2D eigenvalue weighted by atomic mass is 31.2. The molecule has 0 N–H and O–H groups in total. The maximum Gasteiger partial charge on any atom is 0.143 e. The lowest BCUT2D eigenvalue weighted by Gasteiger charge is -2.42. The highest BCUT2D eigenvalue weighted by Gasteiger charge is 2.39. The third kappa shape index (κ3) is 11.2. The summed E-state index contributed by atoms with van der Waals surface area (Å²) in [4.78, 5) is 0. The summed E-state index contributed by atoms with van der Waals surface area (Å²) in [5, 5.41) is 11.1. The molecule has 6 rings (SSSR count). The molecule has 334 valence electrons. The van der Waals surface area contributed by atoms with Crippen molar-refractivity contribution in [3.63, 3.8) is 0 Å². The molecule has 0 amide bonds. The van der Waals surface area contributed by atoms with E-state index in [1.165, 1.54) is 135 Å². The quantitative estimate of drug-likeness (QED) is 0.0381. The van der Waals surface area contributed by atoms with Crippen LogP contribution in [0.3, 0.4) is 0 Å². The Balaban J connectivity index is 1.58. The van der Waals surface area contributed by atoms with E-state index < -0.39 is 32.3 Å². The van der Waals surface area contributed by atoms with Crippen molar-refractivity contribution >= 4 is 85.8 Å². The second kappa shape index (κ2) is 23.9. The molecule has 4 aromatic carbocycles. The van der Waals surface area contributed by atoms with Crippen molar-refractivity contribution in [1.82, 2.24) is 4.44 Å². The van der Waals surface area contributed by atoms with Gasteiger partial charge in [-0.15, -0.1) is 0 Å². The average Bonchev–Trinajstić information content (AvgIpc) is 4.00. The molecule has 2 aromatic heterocycles. The Morgan fingerprint density at radius 1 is 0.435 bits per heavy atom. The van der Waals surface area contributed by atoms with E-state index >= 15 is 0 Å². The van der Waals surface area contributed by atoms with Gasteiger partial charge in [-0.1, -0.05) is 238 Å². The number of unbranched alkanes of at least 4 members (excludes halogenated alkanes) is 6. The molecular formula is C55H79NO2P2Si2. The van der Waals surface area contributed by atoms with E-state index in [0.717, 1.165) is 21.9 Å². The lowest BCUT2D eigenvalue weighted by atomic mass is 10.2. The van der Waals surface area contributed by atoms with Crippen molar-refractivity contribution in [3.05, 3.63) is 110 Å². The van der Waals surface area contributed by atoms with Gasteiger partial charge in [0.05, 0.1) is 28.7 Å². The first-order valence-corrected chi connectivity index (χ1v) is 32.7. The average molecular weight is 904 g/mol. The summed E-state index contributed by atoms with van der Waals surface area (Å²) < 4.78 is 15.8. The van der Waals surface area contributed by atoms with Crippen LogP contribution in [0.4, 0.5) is 0 Å². The monoisotopic (exact) mass is 904 g/mol. The Morgan fingerprint density at radius 2 is 0.774 bits per heavy atom. The molecule has 2 heterocycles. The standard InChI is InChI=1S/C55H79NO2P2Si2/c1-9-15-39-61(40-16-10-2,41-17-11-3)50-31-27-48(28-32-50)59(49-29-33-51(34-30-49)62(42-18-12-4,43-19-13-5)44-20-14-6)56(45(7)8)60(52-25-21-23-46-35-37-57-54(46)52)53-26-22-24-47-36-38-58-55(47)53/h21-38,45H,9-20,39-44H2,1-8H3. The summed E-state index contributed by atoms with van der Waals surface area (Å²) >= 11 is 0. The third-order valence-electron chi connectivity index (χ3n) is 13.7. The van der Waals surface area contributed by atoms with E-state index in [2.05, 4.69) is 157 Å². The number of hydrogen-bond donors (Lipinski definition) is 0. The molecular weight excluding hydrogens is 825 g/mol. The fourth-order valence-corrected chi connectivity index (χ4v) is 27.7. The molecule has 0 spiro atoms. The number of nitrogens with zero attached hydrogens (tertiary/aromatic N) is 1. The van der Waals surface area contributed by atoms with Crippen molar-refractivity contribution in [3.8, 4) is 0 Å². The van der Waals surface area contributed by atoms with Gasteiger partial charge in [0.1, 0.15) is 11.2 Å². The van der Waals surface area contributed by atoms with Crippen LogP contribution in [0.1, 0.15) is 132 Å². The number of benzene rings is 4. The Labute approximate surface area is 381 Å². The molecule has 62 heavy (non-hydrogen) atoms. The summed E-state index contributed by atoms with van der Waals surface area (Å²) in [6.45, 7) is 19.2. The van der Waals surface area contributed by atoms with Gasteiger partial charge in [-0.05, 0) is 48.7 Å². The molecule has 0 saturated carbocycles. The molecule has 0 saturated heterocycles. The summed E-state index contributed by atoms with van der Waals surface area (Å²) in [6.07, 6.45) is 19.5. The molecule has 0 bridgehead atoms. The van der Waals surface area contributed by atoms with Gasteiger partial charge in [-0.2, -0.15) is 0 Å². The second-order valence-corrected chi connectivity index (χ2v) is 32.2. The Kier molecular flexibility index (Phi) is 18.8.